The lowest BCUT2D eigenvalue weighted by Crippen LogP contribution is -2.42. The first-order valence-electron chi connectivity index (χ1n) is 6.72. The van der Waals surface area contributed by atoms with Crippen molar-refractivity contribution >= 4 is 5.91 Å². The lowest BCUT2D eigenvalue weighted by Gasteiger charge is -2.31. The maximum Gasteiger partial charge on any atom is 0.227 e. The van der Waals surface area contributed by atoms with Crippen molar-refractivity contribution in [2.75, 3.05) is 20.1 Å². The van der Waals surface area contributed by atoms with Crippen molar-refractivity contribution in [3.05, 3.63) is 35.9 Å². The van der Waals surface area contributed by atoms with Gasteiger partial charge in [-0.25, -0.2) is 0 Å². The van der Waals surface area contributed by atoms with Crippen LogP contribution in [0.25, 0.3) is 0 Å². The van der Waals surface area contributed by atoms with E-state index in [9.17, 15) is 4.79 Å². The van der Waals surface area contributed by atoms with E-state index >= 15 is 0 Å². The number of benzene rings is 1. The molecule has 2 atom stereocenters. The predicted molar refractivity (Wildman–Crippen MR) is 73.2 cm³/mol. The van der Waals surface area contributed by atoms with Crippen LogP contribution in [0.3, 0.4) is 0 Å². The van der Waals surface area contributed by atoms with Crippen LogP contribution in [0.2, 0.25) is 0 Å². The summed E-state index contributed by atoms with van der Waals surface area (Å²) in [5, 5.41) is 3.30. The van der Waals surface area contributed by atoms with Gasteiger partial charge in [-0.1, -0.05) is 30.3 Å². The predicted octanol–water partition coefficient (Wildman–Crippen LogP) is 2.21. The molecule has 0 radical (unpaired) electrons. The Balaban J connectivity index is 2.01. The number of hydrogen-bond donors (Lipinski definition) is 1. The van der Waals surface area contributed by atoms with E-state index in [4.69, 9.17) is 0 Å². The zero-order chi connectivity index (χ0) is 13.0. The van der Waals surface area contributed by atoms with Gasteiger partial charge in [-0.3, -0.25) is 4.79 Å². The molecule has 1 saturated heterocycles. The Bertz CT molecular complexity index is 385. The molecule has 98 valence electrons. The van der Waals surface area contributed by atoms with Crippen molar-refractivity contribution in [1.29, 1.82) is 0 Å². The molecular formula is C15H22N2O. The third-order valence-corrected chi connectivity index (χ3v) is 3.86. The highest BCUT2D eigenvalue weighted by atomic mass is 16.2. The van der Waals surface area contributed by atoms with Crippen LogP contribution < -0.4 is 5.32 Å². The summed E-state index contributed by atoms with van der Waals surface area (Å²) in [5.41, 5.74) is 1.19. The number of piperidine rings is 1. The second kappa shape index (κ2) is 6.01. The molecule has 1 aliphatic rings. The molecule has 0 aliphatic carbocycles. The normalized spacial score (nSPS) is 21.3. The van der Waals surface area contributed by atoms with E-state index in [1.165, 1.54) is 5.56 Å². The summed E-state index contributed by atoms with van der Waals surface area (Å²) in [5.74, 6) is 0.411. The van der Waals surface area contributed by atoms with Gasteiger partial charge < -0.3 is 10.2 Å². The lowest BCUT2D eigenvalue weighted by atomic mass is 9.97. The van der Waals surface area contributed by atoms with Crippen molar-refractivity contribution < 1.29 is 4.79 Å². The minimum Gasteiger partial charge on any atom is -0.339 e. The number of hydrogen-bond acceptors (Lipinski definition) is 2. The van der Waals surface area contributed by atoms with Gasteiger partial charge >= 0.3 is 0 Å². The minimum atomic E-state index is 0.139. The fraction of sp³-hybridized carbons (Fsp3) is 0.533. The van der Waals surface area contributed by atoms with Crippen LogP contribution in [-0.4, -0.2) is 30.9 Å². The van der Waals surface area contributed by atoms with Gasteiger partial charge in [0.05, 0.1) is 12.0 Å². The zero-order valence-electron chi connectivity index (χ0n) is 11.2. The van der Waals surface area contributed by atoms with E-state index in [1.54, 1.807) is 0 Å². The van der Waals surface area contributed by atoms with Crippen LogP contribution in [0.4, 0.5) is 0 Å². The van der Waals surface area contributed by atoms with Crippen LogP contribution in [0, 0.1) is 5.92 Å². The van der Waals surface area contributed by atoms with Gasteiger partial charge in [0, 0.05) is 13.6 Å². The minimum absolute atomic E-state index is 0.139. The highest BCUT2D eigenvalue weighted by Gasteiger charge is 2.26. The van der Waals surface area contributed by atoms with E-state index in [1.807, 2.05) is 30.1 Å². The Morgan fingerprint density at radius 2 is 2.11 bits per heavy atom. The molecule has 0 spiro atoms. The summed E-state index contributed by atoms with van der Waals surface area (Å²) in [6, 6.07) is 10.3. The Kier molecular flexibility index (Phi) is 4.37. The molecular weight excluding hydrogens is 224 g/mol. The number of rotatable bonds is 3. The van der Waals surface area contributed by atoms with Crippen molar-refractivity contribution in [2.24, 2.45) is 5.92 Å². The molecule has 3 nitrogen and oxygen atoms in total. The summed E-state index contributed by atoms with van der Waals surface area (Å²) in [4.78, 5) is 14.3. The van der Waals surface area contributed by atoms with E-state index in [0.29, 0.717) is 0 Å². The smallest absolute Gasteiger partial charge is 0.227 e. The SMILES string of the molecule is CC(c1ccccc1)N(C)C(=O)[C@H]1CCCNC1. The second-order valence-corrected chi connectivity index (χ2v) is 5.08. The molecule has 1 unspecified atom stereocenters. The molecule has 2 rings (SSSR count). The molecule has 0 bridgehead atoms. The number of carbonyl (C=O) groups is 1. The molecule has 1 fully saturated rings. The average Bonchev–Trinajstić information content (AvgIpc) is 2.47. The molecule has 18 heavy (non-hydrogen) atoms. The largest absolute Gasteiger partial charge is 0.339 e. The van der Waals surface area contributed by atoms with Crippen LogP contribution in [0.1, 0.15) is 31.4 Å². The maximum absolute atomic E-state index is 12.4. The summed E-state index contributed by atoms with van der Waals surface area (Å²) in [6.07, 6.45) is 2.11. The van der Waals surface area contributed by atoms with Crippen molar-refractivity contribution in [1.82, 2.24) is 10.2 Å². The van der Waals surface area contributed by atoms with E-state index in [-0.39, 0.29) is 17.9 Å². The summed E-state index contributed by atoms with van der Waals surface area (Å²) in [7, 11) is 1.91. The maximum atomic E-state index is 12.4. The van der Waals surface area contributed by atoms with Gasteiger partial charge in [0.15, 0.2) is 0 Å². The highest BCUT2D eigenvalue weighted by molar-refractivity contribution is 5.79. The Morgan fingerprint density at radius 1 is 1.39 bits per heavy atom. The van der Waals surface area contributed by atoms with Crippen LogP contribution in [-0.2, 0) is 4.79 Å². The molecule has 1 heterocycles. The van der Waals surface area contributed by atoms with Crippen LogP contribution >= 0.6 is 0 Å². The fourth-order valence-electron chi connectivity index (χ4n) is 2.50. The lowest BCUT2D eigenvalue weighted by molar-refractivity contribution is -0.136. The van der Waals surface area contributed by atoms with Gasteiger partial charge in [0.1, 0.15) is 0 Å². The van der Waals surface area contributed by atoms with E-state index < -0.39 is 0 Å². The van der Waals surface area contributed by atoms with E-state index in [0.717, 1.165) is 25.9 Å². The third-order valence-electron chi connectivity index (χ3n) is 3.86. The standard InChI is InChI=1S/C15H22N2O/c1-12(13-7-4-3-5-8-13)17(2)15(18)14-9-6-10-16-11-14/h3-5,7-8,12,14,16H,6,9-11H2,1-2H3/t12?,14-/m0/s1. The fourth-order valence-corrected chi connectivity index (χ4v) is 2.50. The monoisotopic (exact) mass is 246 g/mol. The second-order valence-electron chi connectivity index (χ2n) is 5.08. The molecule has 0 saturated carbocycles. The Labute approximate surface area is 109 Å². The Hall–Kier alpha value is -1.35. The van der Waals surface area contributed by atoms with Crippen molar-refractivity contribution in [2.45, 2.75) is 25.8 Å². The summed E-state index contributed by atoms with van der Waals surface area (Å²) < 4.78 is 0. The van der Waals surface area contributed by atoms with Crippen LogP contribution in [0.15, 0.2) is 30.3 Å². The molecule has 1 N–H and O–H groups in total. The first-order valence-corrected chi connectivity index (χ1v) is 6.72. The van der Waals surface area contributed by atoms with E-state index in [2.05, 4.69) is 24.4 Å². The zero-order valence-corrected chi connectivity index (χ0v) is 11.2. The van der Waals surface area contributed by atoms with Crippen molar-refractivity contribution in [3.63, 3.8) is 0 Å². The third kappa shape index (κ3) is 2.91. The number of amides is 1. The van der Waals surface area contributed by atoms with Gasteiger partial charge in [-0.2, -0.15) is 0 Å². The van der Waals surface area contributed by atoms with Gasteiger partial charge in [0.25, 0.3) is 0 Å². The molecule has 0 aromatic heterocycles. The molecule has 1 aromatic carbocycles. The van der Waals surface area contributed by atoms with Gasteiger partial charge in [0.2, 0.25) is 5.91 Å². The van der Waals surface area contributed by atoms with Crippen molar-refractivity contribution in [3.8, 4) is 0 Å². The molecule has 1 aromatic rings. The van der Waals surface area contributed by atoms with Gasteiger partial charge in [-0.05, 0) is 31.9 Å². The average molecular weight is 246 g/mol. The highest BCUT2D eigenvalue weighted by Crippen LogP contribution is 2.22. The first-order chi connectivity index (χ1) is 8.70. The topological polar surface area (TPSA) is 32.3 Å². The number of nitrogens with zero attached hydrogens (tertiary/aromatic N) is 1. The molecule has 1 amide bonds. The Morgan fingerprint density at radius 3 is 2.72 bits per heavy atom. The molecule has 1 aliphatic heterocycles. The first kappa shape index (κ1) is 13.1. The van der Waals surface area contributed by atoms with Crippen LogP contribution in [0.5, 0.6) is 0 Å². The quantitative estimate of drug-likeness (QED) is 0.887. The number of carbonyl (C=O) groups excluding carboxylic acids is 1. The number of nitrogens with one attached hydrogen (secondary N) is 1. The summed E-state index contributed by atoms with van der Waals surface area (Å²) >= 11 is 0. The molecule has 3 heteroatoms. The summed E-state index contributed by atoms with van der Waals surface area (Å²) in [6.45, 7) is 3.95. The van der Waals surface area contributed by atoms with Gasteiger partial charge in [-0.15, -0.1) is 0 Å².